The molecule has 1 amide bonds. The minimum Gasteiger partial charge on any atom is -0.495 e. The van der Waals surface area contributed by atoms with Gasteiger partial charge in [-0.2, -0.15) is 0 Å². The van der Waals surface area contributed by atoms with Crippen LogP contribution < -0.4 is 10.5 Å². The molecule has 0 unspecified atom stereocenters. The van der Waals surface area contributed by atoms with Gasteiger partial charge in [-0.05, 0) is 56.5 Å². The number of halogens is 1. The van der Waals surface area contributed by atoms with Crippen molar-refractivity contribution in [3.8, 4) is 5.75 Å². The number of rotatable bonds is 5. The van der Waals surface area contributed by atoms with Crippen molar-refractivity contribution >= 4 is 17.5 Å². The van der Waals surface area contributed by atoms with Gasteiger partial charge in [0.1, 0.15) is 5.75 Å². The standard InChI is InChI=1S/C16H23ClN2O2/c1-11(13-3-4-15(21-2)14(17)10-13)19-7-5-12(6-8-19)9-16(18)20/h3-4,10-12H,5-9H2,1-2H3,(H2,18,20)/t11-/m1/s1. The molecule has 0 spiro atoms. The Morgan fingerprint density at radius 3 is 2.67 bits per heavy atom. The molecule has 0 aromatic heterocycles. The maximum atomic E-state index is 11.0. The zero-order valence-electron chi connectivity index (χ0n) is 12.6. The maximum Gasteiger partial charge on any atom is 0.217 e. The lowest BCUT2D eigenvalue weighted by molar-refractivity contribution is -0.119. The molecular weight excluding hydrogens is 288 g/mol. The molecule has 2 N–H and O–H groups in total. The smallest absolute Gasteiger partial charge is 0.217 e. The van der Waals surface area contributed by atoms with Crippen LogP contribution in [0.25, 0.3) is 0 Å². The Hall–Kier alpha value is -1.26. The molecule has 1 heterocycles. The number of likely N-dealkylation sites (tertiary alicyclic amines) is 1. The Balaban J connectivity index is 1.97. The van der Waals surface area contributed by atoms with Crippen LogP contribution in [0.15, 0.2) is 18.2 Å². The van der Waals surface area contributed by atoms with Gasteiger partial charge in [-0.3, -0.25) is 9.69 Å². The molecule has 1 aliphatic heterocycles. The first kappa shape index (κ1) is 16.1. The molecule has 1 fully saturated rings. The van der Waals surface area contributed by atoms with Gasteiger partial charge >= 0.3 is 0 Å². The fraction of sp³-hybridized carbons (Fsp3) is 0.562. The van der Waals surface area contributed by atoms with Crippen LogP contribution in [0.1, 0.15) is 37.8 Å². The molecule has 0 bridgehead atoms. The van der Waals surface area contributed by atoms with Gasteiger partial charge in [0, 0.05) is 12.5 Å². The van der Waals surface area contributed by atoms with Gasteiger partial charge in [0.15, 0.2) is 0 Å². The minimum atomic E-state index is -0.191. The van der Waals surface area contributed by atoms with Crippen LogP contribution in [0.5, 0.6) is 5.75 Å². The van der Waals surface area contributed by atoms with Gasteiger partial charge in [0.25, 0.3) is 0 Å². The van der Waals surface area contributed by atoms with E-state index in [-0.39, 0.29) is 5.91 Å². The summed E-state index contributed by atoms with van der Waals surface area (Å²) in [5, 5.41) is 0.644. The SMILES string of the molecule is COc1ccc([C@@H](C)N2CCC(CC(N)=O)CC2)cc1Cl. The second-order valence-corrected chi connectivity index (χ2v) is 6.13. The lowest BCUT2D eigenvalue weighted by Crippen LogP contribution is -2.36. The number of carbonyl (C=O) groups excluding carboxylic acids is 1. The highest BCUT2D eigenvalue weighted by Gasteiger charge is 2.24. The number of piperidine rings is 1. The summed E-state index contributed by atoms with van der Waals surface area (Å²) in [6.45, 7) is 4.16. The fourth-order valence-corrected chi connectivity index (χ4v) is 3.25. The van der Waals surface area contributed by atoms with Gasteiger partial charge in [0.2, 0.25) is 5.91 Å². The molecule has 116 valence electrons. The van der Waals surface area contributed by atoms with Crippen molar-refractivity contribution in [2.24, 2.45) is 11.7 Å². The lowest BCUT2D eigenvalue weighted by Gasteiger charge is -2.36. The largest absolute Gasteiger partial charge is 0.495 e. The maximum absolute atomic E-state index is 11.0. The third-order valence-corrected chi connectivity index (χ3v) is 4.64. The van der Waals surface area contributed by atoms with Gasteiger partial charge in [-0.15, -0.1) is 0 Å². The number of benzene rings is 1. The monoisotopic (exact) mass is 310 g/mol. The molecule has 1 aromatic carbocycles. The Morgan fingerprint density at radius 1 is 1.48 bits per heavy atom. The van der Waals surface area contributed by atoms with E-state index in [2.05, 4.69) is 17.9 Å². The molecule has 2 rings (SSSR count). The van der Waals surface area contributed by atoms with E-state index in [1.54, 1.807) is 7.11 Å². The number of carbonyl (C=O) groups is 1. The number of nitrogens with zero attached hydrogens (tertiary/aromatic N) is 1. The zero-order valence-corrected chi connectivity index (χ0v) is 13.4. The number of nitrogens with two attached hydrogens (primary N) is 1. The predicted molar refractivity (Wildman–Crippen MR) is 84.5 cm³/mol. The van der Waals surface area contributed by atoms with Crippen molar-refractivity contribution in [1.82, 2.24) is 4.90 Å². The molecule has 5 heteroatoms. The molecule has 1 aliphatic rings. The van der Waals surface area contributed by atoms with Crippen molar-refractivity contribution < 1.29 is 9.53 Å². The molecule has 4 nitrogen and oxygen atoms in total. The predicted octanol–water partition coefficient (Wildman–Crippen LogP) is 3.00. The second-order valence-electron chi connectivity index (χ2n) is 5.72. The normalized spacial score (nSPS) is 18.4. The van der Waals surface area contributed by atoms with Crippen LogP contribution in [0.3, 0.4) is 0 Å². The highest BCUT2D eigenvalue weighted by molar-refractivity contribution is 6.32. The van der Waals surface area contributed by atoms with Crippen molar-refractivity contribution in [1.29, 1.82) is 0 Å². The quantitative estimate of drug-likeness (QED) is 0.909. The summed E-state index contributed by atoms with van der Waals surface area (Å²) >= 11 is 6.20. The molecule has 1 saturated heterocycles. The summed E-state index contributed by atoms with van der Waals surface area (Å²) < 4.78 is 5.19. The van der Waals surface area contributed by atoms with Crippen LogP contribution in [0, 0.1) is 5.92 Å². The van der Waals surface area contributed by atoms with Crippen molar-refractivity contribution in [3.63, 3.8) is 0 Å². The fourth-order valence-electron chi connectivity index (χ4n) is 2.98. The third kappa shape index (κ3) is 4.11. The Morgan fingerprint density at radius 2 is 2.14 bits per heavy atom. The zero-order chi connectivity index (χ0) is 15.4. The summed E-state index contributed by atoms with van der Waals surface area (Å²) in [7, 11) is 1.62. The third-order valence-electron chi connectivity index (χ3n) is 4.34. The summed E-state index contributed by atoms with van der Waals surface area (Å²) in [6, 6.07) is 6.25. The number of hydrogen-bond acceptors (Lipinski definition) is 3. The topological polar surface area (TPSA) is 55.6 Å². The van der Waals surface area contributed by atoms with Crippen LogP contribution in [-0.2, 0) is 4.79 Å². The van der Waals surface area contributed by atoms with Gasteiger partial charge in [-0.1, -0.05) is 17.7 Å². The Labute approximate surface area is 131 Å². The number of primary amides is 1. The summed E-state index contributed by atoms with van der Waals surface area (Å²) in [6.07, 6.45) is 2.56. The average Bonchev–Trinajstić information content (AvgIpc) is 2.46. The number of amides is 1. The molecule has 1 aromatic rings. The minimum absolute atomic E-state index is 0.191. The van der Waals surface area contributed by atoms with Crippen LogP contribution >= 0.6 is 11.6 Å². The highest BCUT2D eigenvalue weighted by Crippen LogP contribution is 2.32. The lowest BCUT2D eigenvalue weighted by atomic mass is 9.92. The van der Waals surface area contributed by atoms with Crippen LogP contribution in [-0.4, -0.2) is 31.0 Å². The van der Waals surface area contributed by atoms with Gasteiger partial charge < -0.3 is 10.5 Å². The Kier molecular flexibility index (Phi) is 5.48. The number of ether oxygens (including phenoxy) is 1. The van der Waals surface area contributed by atoms with Crippen molar-refractivity contribution in [2.45, 2.75) is 32.2 Å². The highest BCUT2D eigenvalue weighted by atomic mass is 35.5. The first-order chi connectivity index (χ1) is 10.0. The van der Waals surface area contributed by atoms with Crippen LogP contribution in [0.4, 0.5) is 0 Å². The molecule has 0 radical (unpaired) electrons. The van der Waals surface area contributed by atoms with E-state index >= 15 is 0 Å². The van der Waals surface area contributed by atoms with E-state index in [0.29, 0.717) is 29.2 Å². The van der Waals surface area contributed by atoms with E-state index in [0.717, 1.165) is 25.9 Å². The molecule has 0 saturated carbocycles. The summed E-state index contributed by atoms with van der Waals surface area (Å²) in [5.41, 5.74) is 6.46. The van der Waals surface area contributed by atoms with Crippen LogP contribution in [0.2, 0.25) is 5.02 Å². The molecule has 21 heavy (non-hydrogen) atoms. The summed E-state index contributed by atoms with van der Waals surface area (Å²) in [5.74, 6) is 0.946. The van der Waals surface area contributed by atoms with Gasteiger partial charge in [0.05, 0.1) is 12.1 Å². The molecule has 1 atom stereocenters. The molecule has 0 aliphatic carbocycles. The number of methoxy groups -OCH3 is 1. The average molecular weight is 311 g/mol. The van der Waals surface area contributed by atoms with Crippen molar-refractivity contribution in [2.75, 3.05) is 20.2 Å². The second kappa shape index (κ2) is 7.14. The first-order valence-corrected chi connectivity index (χ1v) is 7.75. The van der Waals surface area contributed by atoms with E-state index < -0.39 is 0 Å². The first-order valence-electron chi connectivity index (χ1n) is 7.37. The van der Waals surface area contributed by atoms with E-state index in [9.17, 15) is 4.79 Å². The Bertz CT molecular complexity index is 499. The van der Waals surface area contributed by atoms with Gasteiger partial charge in [-0.25, -0.2) is 0 Å². The van der Waals surface area contributed by atoms with E-state index in [4.69, 9.17) is 22.1 Å². The molecular formula is C16H23ClN2O2. The van der Waals surface area contributed by atoms with E-state index in [1.165, 1.54) is 5.56 Å². The number of hydrogen-bond donors (Lipinski definition) is 1. The van der Waals surface area contributed by atoms with E-state index in [1.807, 2.05) is 12.1 Å². The van der Waals surface area contributed by atoms with Crippen molar-refractivity contribution in [3.05, 3.63) is 28.8 Å². The summed E-state index contributed by atoms with van der Waals surface area (Å²) in [4.78, 5) is 13.4.